The zero-order chi connectivity index (χ0) is 24.7. The van der Waals surface area contributed by atoms with Crippen LogP contribution in [0.1, 0.15) is 37.5 Å². The van der Waals surface area contributed by atoms with Gasteiger partial charge >= 0.3 is 5.97 Å². The molecule has 0 saturated carbocycles. The third-order valence-corrected chi connectivity index (χ3v) is 5.69. The summed E-state index contributed by atoms with van der Waals surface area (Å²) >= 11 is 0.794. The third-order valence-electron chi connectivity index (χ3n) is 4.78. The molecular weight excluding hydrogens is 454 g/mol. The normalized spacial score (nSPS) is 14.7. The van der Waals surface area contributed by atoms with Crippen molar-refractivity contribution >= 4 is 35.0 Å². The first-order chi connectivity index (χ1) is 16.3. The van der Waals surface area contributed by atoms with Gasteiger partial charge in [0.25, 0.3) is 11.1 Å². The lowest BCUT2D eigenvalue weighted by Crippen LogP contribution is -2.34. The Balaban J connectivity index is 1.72. The lowest BCUT2D eigenvalue weighted by Gasteiger charge is -2.13. The first-order valence-electron chi connectivity index (χ1n) is 11.1. The number of aryl methyl sites for hydroxylation is 1. The number of hydrogen-bond acceptors (Lipinski definition) is 7. The van der Waals surface area contributed by atoms with E-state index in [0.717, 1.165) is 27.8 Å². The quantitative estimate of drug-likeness (QED) is 0.339. The molecule has 0 atom stereocenters. The molecule has 1 saturated heterocycles. The Hall–Kier alpha value is -3.26. The van der Waals surface area contributed by atoms with Crippen LogP contribution < -0.4 is 9.47 Å². The molecule has 34 heavy (non-hydrogen) atoms. The predicted octanol–water partition coefficient (Wildman–Crippen LogP) is 5.21. The Morgan fingerprint density at radius 2 is 1.88 bits per heavy atom. The van der Waals surface area contributed by atoms with Crippen LogP contribution in [-0.4, -0.2) is 41.8 Å². The van der Waals surface area contributed by atoms with Crippen LogP contribution in [0.3, 0.4) is 0 Å². The van der Waals surface area contributed by atoms with Crippen LogP contribution in [0.15, 0.2) is 47.4 Å². The van der Waals surface area contributed by atoms with Crippen molar-refractivity contribution in [3.63, 3.8) is 0 Å². The fourth-order valence-electron chi connectivity index (χ4n) is 3.19. The highest BCUT2D eigenvalue weighted by Crippen LogP contribution is 2.35. The number of nitrogens with zero attached hydrogens (tertiary/aromatic N) is 1. The zero-order valence-corrected chi connectivity index (χ0v) is 20.6. The molecular formula is C26H29NO6S. The maximum absolute atomic E-state index is 12.7. The van der Waals surface area contributed by atoms with Crippen LogP contribution in [0.4, 0.5) is 4.79 Å². The maximum atomic E-state index is 12.7. The van der Waals surface area contributed by atoms with Gasteiger partial charge in [0, 0.05) is 0 Å². The second-order valence-corrected chi connectivity index (χ2v) is 9.25. The number of hydrogen-bond donors (Lipinski definition) is 0. The molecule has 1 heterocycles. The minimum Gasteiger partial charge on any atom is -0.490 e. The molecule has 2 amide bonds. The summed E-state index contributed by atoms with van der Waals surface area (Å²) in [5.74, 6) is 0.171. The number of esters is 1. The molecule has 0 radical (unpaired) electrons. The highest BCUT2D eigenvalue weighted by atomic mass is 32.2. The molecule has 2 aromatic carbocycles. The summed E-state index contributed by atoms with van der Waals surface area (Å²) < 4.78 is 16.8. The highest BCUT2D eigenvalue weighted by Gasteiger charge is 2.36. The summed E-state index contributed by atoms with van der Waals surface area (Å²) in [6.07, 6.45) is 1.61. The van der Waals surface area contributed by atoms with Gasteiger partial charge in [-0.25, -0.2) is 0 Å². The van der Waals surface area contributed by atoms with Crippen molar-refractivity contribution in [2.45, 2.75) is 34.3 Å². The van der Waals surface area contributed by atoms with E-state index in [2.05, 4.69) is 6.07 Å². The molecule has 0 spiro atoms. The fraction of sp³-hybridized carbons (Fsp3) is 0.346. The first-order valence-corrected chi connectivity index (χ1v) is 11.9. The van der Waals surface area contributed by atoms with Gasteiger partial charge in [0.1, 0.15) is 13.2 Å². The van der Waals surface area contributed by atoms with Crippen LogP contribution in [0.25, 0.3) is 6.08 Å². The van der Waals surface area contributed by atoms with Crippen molar-refractivity contribution in [3.05, 3.63) is 64.1 Å². The number of benzene rings is 2. The Bertz CT molecular complexity index is 1090. The summed E-state index contributed by atoms with van der Waals surface area (Å²) in [6.45, 7) is 8.40. The maximum Gasteiger partial charge on any atom is 0.326 e. The van der Waals surface area contributed by atoms with Gasteiger partial charge in [0.2, 0.25) is 0 Å². The molecule has 3 rings (SSSR count). The van der Waals surface area contributed by atoms with E-state index >= 15 is 0 Å². The van der Waals surface area contributed by atoms with E-state index in [1.54, 1.807) is 24.3 Å². The lowest BCUT2D eigenvalue weighted by molar-refractivity contribution is -0.147. The van der Waals surface area contributed by atoms with E-state index in [1.165, 1.54) is 0 Å². The van der Waals surface area contributed by atoms with Crippen LogP contribution in [-0.2, 0) is 20.9 Å². The van der Waals surface area contributed by atoms with Gasteiger partial charge in [0.05, 0.1) is 18.1 Å². The standard InChI is InChI=1S/C26H29NO6S/c1-5-31-22-12-19(9-10-21(22)32-16-20-8-6-7-18(4)11-20)13-23-25(29)27(26(30)34-23)14-24(28)33-15-17(2)3/h6-13,17H,5,14-16H2,1-4H3/b23-13-. The summed E-state index contributed by atoms with van der Waals surface area (Å²) in [5.41, 5.74) is 2.88. The smallest absolute Gasteiger partial charge is 0.326 e. The molecule has 8 heteroatoms. The average Bonchev–Trinajstić information content (AvgIpc) is 3.04. The topological polar surface area (TPSA) is 82.1 Å². The Morgan fingerprint density at radius 1 is 1.09 bits per heavy atom. The lowest BCUT2D eigenvalue weighted by atomic mass is 10.1. The number of ether oxygens (including phenoxy) is 3. The predicted molar refractivity (Wildman–Crippen MR) is 132 cm³/mol. The summed E-state index contributed by atoms with van der Waals surface area (Å²) in [4.78, 5) is 38.1. The molecule has 0 bridgehead atoms. The number of thioether (sulfide) groups is 1. The molecule has 180 valence electrons. The molecule has 7 nitrogen and oxygen atoms in total. The summed E-state index contributed by atoms with van der Waals surface area (Å²) in [5, 5.41) is -0.499. The second kappa shape index (κ2) is 11.7. The summed E-state index contributed by atoms with van der Waals surface area (Å²) in [7, 11) is 0. The van der Waals surface area contributed by atoms with E-state index in [1.807, 2.05) is 45.9 Å². The molecule has 0 N–H and O–H groups in total. The first kappa shape index (κ1) is 25.4. The van der Waals surface area contributed by atoms with Crippen molar-refractivity contribution in [3.8, 4) is 11.5 Å². The Kier molecular flexibility index (Phi) is 8.76. The molecule has 1 fully saturated rings. The van der Waals surface area contributed by atoms with Crippen molar-refractivity contribution < 1.29 is 28.6 Å². The van der Waals surface area contributed by atoms with E-state index < -0.39 is 23.7 Å². The van der Waals surface area contributed by atoms with Crippen molar-refractivity contribution in [2.75, 3.05) is 19.8 Å². The molecule has 2 aromatic rings. The van der Waals surface area contributed by atoms with Crippen LogP contribution in [0, 0.1) is 12.8 Å². The van der Waals surface area contributed by atoms with Crippen molar-refractivity contribution in [1.82, 2.24) is 4.90 Å². The van der Waals surface area contributed by atoms with E-state index in [4.69, 9.17) is 14.2 Å². The van der Waals surface area contributed by atoms with Crippen molar-refractivity contribution in [2.24, 2.45) is 5.92 Å². The zero-order valence-electron chi connectivity index (χ0n) is 19.8. The molecule has 1 aliphatic rings. The average molecular weight is 484 g/mol. The number of carbonyl (C=O) groups is 3. The number of carbonyl (C=O) groups excluding carboxylic acids is 3. The minimum absolute atomic E-state index is 0.169. The van der Waals surface area contributed by atoms with Gasteiger partial charge in [-0.1, -0.05) is 49.7 Å². The number of imide groups is 1. The summed E-state index contributed by atoms with van der Waals surface area (Å²) in [6, 6.07) is 13.4. The van der Waals surface area contributed by atoms with Crippen LogP contribution >= 0.6 is 11.8 Å². The van der Waals surface area contributed by atoms with E-state index in [-0.39, 0.29) is 17.4 Å². The van der Waals surface area contributed by atoms with Crippen LogP contribution in [0.2, 0.25) is 0 Å². The molecule has 0 aliphatic carbocycles. The molecule has 1 aliphatic heterocycles. The van der Waals surface area contributed by atoms with E-state index in [0.29, 0.717) is 30.3 Å². The van der Waals surface area contributed by atoms with Gasteiger partial charge in [0.15, 0.2) is 11.5 Å². The van der Waals surface area contributed by atoms with Crippen LogP contribution in [0.5, 0.6) is 11.5 Å². The van der Waals surface area contributed by atoms with E-state index in [9.17, 15) is 14.4 Å². The van der Waals surface area contributed by atoms with Gasteiger partial charge in [-0.3, -0.25) is 19.3 Å². The largest absolute Gasteiger partial charge is 0.490 e. The molecule has 0 unspecified atom stereocenters. The van der Waals surface area contributed by atoms with Gasteiger partial charge in [-0.05, 0) is 60.9 Å². The minimum atomic E-state index is -0.606. The fourth-order valence-corrected chi connectivity index (χ4v) is 4.03. The molecule has 0 aromatic heterocycles. The SMILES string of the molecule is CCOc1cc(/C=C2\SC(=O)N(CC(=O)OCC(C)C)C2=O)ccc1OCc1cccc(C)c1. The third kappa shape index (κ3) is 6.87. The van der Waals surface area contributed by atoms with Gasteiger partial charge in [-0.15, -0.1) is 0 Å². The Labute approximate surface area is 204 Å². The van der Waals surface area contributed by atoms with Gasteiger partial charge in [-0.2, -0.15) is 0 Å². The highest BCUT2D eigenvalue weighted by molar-refractivity contribution is 8.18. The Morgan fingerprint density at radius 3 is 2.59 bits per heavy atom. The number of amides is 2. The second-order valence-electron chi connectivity index (χ2n) is 8.26. The van der Waals surface area contributed by atoms with Gasteiger partial charge < -0.3 is 14.2 Å². The number of rotatable bonds is 10. The monoisotopic (exact) mass is 483 g/mol. The van der Waals surface area contributed by atoms with Crippen molar-refractivity contribution in [1.29, 1.82) is 0 Å².